The Kier molecular flexibility index (Phi) is 4.99. The molecule has 3 aliphatic carbocycles. The van der Waals surface area contributed by atoms with Gasteiger partial charge in [-0.2, -0.15) is 0 Å². The molecule has 2 heterocycles. The Morgan fingerprint density at radius 3 is 3.00 bits per heavy atom. The summed E-state index contributed by atoms with van der Waals surface area (Å²) in [5.74, 6) is 0.237. The number of fused-ring (bicyclic) bond motifs is 3. The van der Waals surface area contributed by atoms with Crippen LogP contribution in [0.25, 0.3) is 0 Å². The van der Waals surface area contributed by atoms with E-state index in [4.69, 9.17) is 14.6 Å². The van der Waals surface area contributed by atoms with E-state index < -0.39 is 11.6 Å². The quantitative estimate of drug-likeness (QED) is 0.440. The Hall–Kier alpha value is -2.49. The molecule has 3 N–H and O–H groups in total. The van der Waals surface area contributed by atoms with Gasteiger partial charge in [0.2, 0.25) is 0 Å². The van der Waals surface area contributed by atoms with Crippen LogP contribution in [0.2, 0.25) is 0 Å². The Bertz CT molecular complexity index is 936. The lowest BCUT2D eigenvalue weighted by molar-refractivity contribution is -0.0693. The third-order valence-corrected chi connectivity index (χ3v) is 6.95. The molecule has 3 fully saturated rings. The van der Waals surface area contributed by atoms with Crippen LogP contribution in [0.3, 0.4) is 0 Å². The number of carbonyl (C=O) groups is 2. The van der Waals surface area contributed by atoms with Crippen LogP contribution in [0, 0.1) is 12.8 Å². The number of nitrogens with one attached hydrogen (secondary N) is 2. The second-order valence-electron chi connectivity index (χ2n) is 9.00. The van der Waals surface area contributed by atoms with Crippen molar-refractivity contribution in [3.05, 3.63) is 41.2 Å². The number of hydrazine groups is 1. The molecule has 0 aromatic carbocycles. The maximum absolute atomic E-state index is 13.2. The average Bonchev–Trinajstić information content (AvgIpc) is 3.34. The third kappa shape index (κ3) is 3.50. The van der Waals surface area contributed by atoms with Gasteiger partial charge in [0.25, 0.3) is 5.91 Å². The number of rotatable bonds is 7. The molecule has 2 saturated carbocycles. The molecule has 4 atom stereocenters. The normalized spacial score (nSPS) is 32.2. The van der Waals surface area contributed by atoms with Crippen LogP contribution < -0.4 is 10.7 Å². The van der Waals surface area contributed by atoms with Gasteiger partial charge in [-0.1, -0.05) is 12.1 Å². The molecular weight excluding hydrogens is 400 g/mol. The van der Waals surface area contributed by atoms with Crippen molar-refractivity contribution < 1.29 is 24.2 Å². The van der Waals surface area contributed by atoms with Crippen molar-refractivity contribution >= 4 is 12.0 Å². The van der Waals surface area contributed by atoms with Gasteiger partial charge < -0.3 is 19.9 Å². The number of aliphatic hydroxyl groups is 1. The zero-order chi connectivity index (χ0) is 21.6. The number of hydrogen-bond acceptors (Lipinski definition) is 7. The van der Waals surface area contributed by atoms with Crippen molar-refractivity contribution in [2.45, 2.75) is 49.7 Å². The van der Waals surface area contributed by atoms with Crippen molar-refractivity contribution in [3.63, 3.8) is 0 Å². The Labute approximate surface area is 180 Å². The van der Waals surface area contributed by atoms with Crippen molar-refractivity contribution in [3.8, 4) is 0 Å². The van der Waals surface area contributed by atoms with Gasteiger partial charge >= 0.3 is 6.09 Å². The monoisotopic (exact) mass is 428 g/mol. The molecule has 2 bridgehead atoms. The van der Waals surface area contributed by atoms with Gasteiger partial charge in [-0.15, -0.1) is 0 Å². The molecule has 9 nitrogen and oxygen atoms in total. The summed E-state index contributed by atoms with van der Waals surface area (Å²) in [7, 11) is 0. The summed E-state index contributed by atoms with van der Waals surface area (Å²) in [5.41, 5.74) is 5.19. The standard InChI is InChI=1S/C22H28N4O5/c1-14-3-2-4-17(23-14)19(28)26-22-6-5-21(13-22,12-15-11-16(15)18(22)25-26)24-20(29)31-10-9-30-8-7-27/h2-4,11,15,18,25,27H,5-10,12-13H2,1H3,(H,24,29). The molecule has 1 saturated heterocycles. The van der Waals surface area contributed by atoms with Gasteiger partial charge in [0.05, 0.1) is 31.4 Å². The summed E-state index contributed by atoms with van der Waals surface area (Å²) < 4.78 is 10.4. The zero-order valence-corrected chi connectivity index (χ0v) is 17.6. The first-order chi connectivity index (χ1) is 15.0. The summed E-state index contributed by atoms with van der Waals surface area (Å²) in [6.07, 6.45) is 4.92. The summed E-state index contributed by atoms with van der Waals surface area (Å²) >= 11 is 0. The fourth-order valence-corrected chi connectivity index (χ4v) is 5.56. The number of allylic oxidation sites excluding steroid dienone is 1. The van der Waals surface area contributed by atoms with Crippen LogP contribution in [0.15, 0.2) is 29.8 Å². The maximum Gasteiger partial charge on any atom is 0.407 e. The number of nitrogens with zero attached hydrogens (tertiary/aromatic N) is 2. The SMILES string of the molecule is Cc1cccc(C(=O)N2NC3C4=CC4CC4(NC(=O)OCCOCCO)CCC32C4)n1. The smallest absolute Gasteiger partial charge is 0.407 e. The van der Waals surface area contributed by atoms with E-state index in [1.807, 2.05) is 19.1 Å². The van der Waals surface area contributed by atoms with Crippen molar-refractivity contribution in [1.29, 1.82) is 0 Å². The predicted octanol–water partition coefficient (Wildman–Crippen LogP) is 1.08. The molecule has 1 aromatic rings. The fourth-order valence-electron chi connectivity index (χ4n) is 5.56. The summed E-state index contributed by atoms with van der Waals surface area (Å²) in [4.78, 5) is 30.1. The highest BCUT2D eigenvalue weighted by Crippen LogP contribution is 2.60. The molecule has 31 heavy (non-hydrogen) atoms. The lowest BCUT2D eigenvalue weighted by Gasteiger charge is -2.57. The topological polar surface area (TPSA) is 113 Å². The number of amides is 2. The van der Waals surface area contributed by atoms with E-state index in [9.17, 15) is 9.59 Å². The number of carbonyl (C=O) groups excluding carboxylic acids is 2. The largest absolute Gasteiger partial charge is 0.447 e. The number of aliphatic hydroxyl groups excluding tert-OH is 1. The van der Waals surface area contributed by atoms with E-state index in [0.717, 1.165) is 25.0 Å². The fraction of sp³-hybridized carbons (Fsp3) is 0.591. The van der Waals surface area contributed by atoms with Gasteiger partial charge in [-0.25, -0.2) is 15.2 Å². The van der Waals surface area contributed by atoms with Crippen LogP contribution in [-0.4, -0.2) is 70.6 Å². The van der Waals surface area contributed by atoms with E-state index in [1.165, 1.54) is 5.57 Å². The molecule has 5 rings (SSSR count). The minimum Gasteiger partial charge on any atom is -0.447 e. The molecule has 2 amide bonds. The highest BCUT2D eigenvalue weighted by Gasteiger charge is 2.68. The highest BCUT2D eigenvalue weighted by molar-refractivity contribution is 5.93. The molecule has 0 radical (unpaired) electrons. The molecule has 1 aromatic heterocycles. The van der Waals surface area contributed by atoms with E-state index in [2.05, 4.69) is 21.8 Å². The first-order valence-corrected chi connectivity index (χ1v) is 10.9. The first kappa shape index (κ1) is 20.4. The predicted molar refractivity (Wildman–Crippen MR) is 110 cm³/mol. The maximum atomic E-state index is 13.2. The van der Waals surface area contributed by atoms with Gasteiger partial charge in [-0.3, -0.25) is 9.80 Å². The minimum absolute atomic E-state index is 0.0589. The second-order valence-corrected chi connectivity index (χ2v) is 9.00. The Balaban J connectivity index is 1.29. The number of aromatic nitrogens is 1. The molecule has 166 valence electrons. The van der Waals surface area contributed by atoms with E-state index in [-0.39, 0.29) is 43.9 Å². The molecular formula is C22H28N4O5. The van der Waals surface area contributed by atoms with Crippen LogP contribution in [0.4, 0.5) is 4.79 Å². The Morgan fingerprint density at radius 1 is 1.32 bits per heavy atom. The lowest BCUT2D eigenvalue weighted by atomic mass is 9.80. The minimum atomic E-state index is -0.462. The number of aryl methyl sites for hydroxylation is 1. The first-order valence-electron chi connectivity index (χ1n) is 10.9. The highest BCUT2D eigenvalue weighted by atomic mass is 16.6. The second kappa shape index (κ2) is 7.58. The molecule has 1 aliphatic heterocycles. The van der Waals surface area contributed by atoms with Crippen LogP contribution in [0.5, 0.6) is 0 Å². The van der Waals surface area contributed by atoms with Gasteiger partial charge in [0, 0.05) is 17.2 Å². The zero-order valence-electron chi connectivity index (χ0n) is 17.6. The number of ether oxygens (including phenoxy) is 2. The lowest BCUT2D eigenvalue weighted by Crippen LogP contribution is -2.79. The van der Waals surface area contributed by atoms with Gasteiger partial charge in [0.1, 0.15) is 12.3 Å². The Morgan fingerprint density at radius 2 is 2.19 bits per heavy atom. The molecule has 9 heteroatoms. The van der Waals surface area contributed by atoms with E-state index in [1.54, 1.807) is 11.1 Å². The number of hydrogen-bond donors (Lipinski definition) is 3. The van der Waals surface area contributed by atoms with Crippen molar-refractivity contribution in [2.24, 2.45) is 5.92 Å². The van der Waals surface area contributed by atoms with Crippen LogP contribution >= 0.6 is 0 Å². The summed E-state index contributed by atoms with van der Waals surface area (Å²) in [6.45, 7) is 2.42. The molecule has 4 unspecified atom stereocenters. The third-order valence-electron chi connectivity index (χ3n) is 6.95. The summed E-state index contributed by atoms with van der Waals surface area (Å²) in [5, 5.41) is 13.6. The average molecular weight is 428 g/mol. The number of alkyl carbamates (subject to hydrolysis) is 1. The van der Waals surface area contributed by atoms with Crippen LogP contribution in [0.1, 0.15) is 41.9 Å². The summed E-state index contributed by atoms with van der Waals surface area (Å²) in [6, 6.07) is 5.60. The van der Waals surface area contributed by atoms with E-state index in [0.29, 0.717) is 18.0 Å². The van der Waals surface area contributed by atoms with Crippen molar-refractivity contribution in [2.75, 3.05) is 26.4 Å². The molecule has 1 spiro atoms. The van der Waals surface area contributed by atoms with Crippen LogP contribution in [-0.2, 0) is 9.47 Å². The van der Waals surface area contributed by atoms with Crippen molar-refractivity contribution in [1.82, 2.24) is 20.7 Å². The van der Waals surface area contributed by atoms with Gasteiger partial charge in [-0.05, 0) is 50.3 Å². The van der Waals surface area contributed by atoms with Gasteiger partial charge in [0.15, 0.2) is 0 Å². The molecule has 4 aliphatic rings. The van der Waals surface area contributed by atoms with E-state index >= 15 is 0 Å². The number of pyridine rings is 1.